The van der Waals surface area contributed by atoms with Gasteiger partial charge in [-0.2, -0.15) is 5.26 Å². The Balaban J connectivity index is 2.49. The summed E-state index contributed by atoms with van der Waals surface area (Å²) in [5.74, 6) is -1.58. The van der Waals surface area contributed by atoms with Crippen molar-refractivity contribution in [3.63, 3.8) is 0 Å². The Morgan fingerprint density at radius 1 is 1.19 bits per heavy atom. The molecule has 0 saturated carbocycles. The van der Waals surface area contributed by atoms with Crippen LogP contribution >= 0.6 is 0 Å². The molecular formula is C13H9F2N3O2S. The van der Waals surface area contributed by atoms with Crippen molar-refractivity contribution in [1.82, 2.24) is 0 Å². The van der Waals surface area contributed by atoms with Gasteiger partial charge in [0.1, 0.15) is 28.2 Å². The van der Waals surface area contributed by atoms with Crippen LogP contribution in [0.2, 0.25) is 0 Å². The Hall–Kier alpha value is -2.66. The van der Waals surface area contributed by atoms with Crippen LogP contribution in [0.15, 0.2) is 41.3 Å². The maximum atomic E-state index is 13.5. The number of hydrogen-bond donors (Lipinski definition) is 2. The van der Waals surface area contributed by atoms with Gasteiger partial charge in [0.05, 0.1) is 11.4 Å². The van der Waals surface area contributed by atoms with Crippen LogP contribution < -0.4 is 10.5 Å². The number of nitrogens with zero attached hydrogens (tertiary/aromatic N) is 1. The number of benzene rings is 2. The van der Waals surface area contributed by atoms with E-state index in [9.17, 15) is 17.2 Å². The molecule has 2 aromatic carbocycles. The van der Waals surface area contributed by atoms with Crippen molar-refractivity contribution in [3.05, 3.63) is 53.6 Å². The van der Waals surface area contributed by atoms with Crippen molar-refractivity contribution in [3.8, 4) is 6.07 Å². The van der Waals surface area contributed by atoms with Crippen LogP contribution in [0.5, 0.6) is 0 Å². The van der Waals surface area contributed by atoms with E-state index >= 15 is 0 Å². The summed E-state index contributed by atoms with van der Waals surface area (Å²) in [7, 11) is -4.23. The Bertz CT molecular complexity index is 845. The second-order valence-electron chi connectivity index (χ2n) is 4.06. The van der Waals surface area contributed by atoms with Gasteiger partial charge in [-0.05, 0) is 30.3 Å². The molecule has 8 heteroatoms. The van der Waals surface area contributed by atoms with Gasteiger partial charge in [-0.15, -0.1) is 0 Å². The summed E-state index contributed by atoms with van der Waals surface area (Å²) >= 11 is 0. The Morgan fingerprint density at radius 2 is 1.90 bits per heavy atom. The third-order valence-corrected chi connectivity index (χ3v) is 4.04. The van der Waals surface area contributed by atoms with Gasteiger partial charge < -0.3 is 5.73 Å². The standard InChI is InChI=1S/C13H9F2N3O2S/c14-8-4-5-12(11(17)6-8)18-21(19,20)13-3-1-2-10(15)9(13)7-16/h1-6,18H,17H2. The van der Waals surface area contributed by atoms with Crippen molar-refractivity contribution in [2.45, 2.75) is 4.90 Å². The topological polar surface area (TPSA) is 96.0 Å². The van der Waals surface area contributed by atoms with Crippen molar-refractivity contribution in [1.29, 1.82) is 5.26 Å². The lowest BCUT2D eigenvalue weighted by Gasteiger charge is -2.11. The monoisotopic (exact) mass is 309 g/mol. The number of nitrogen functional groups attached to an aromatic ring is 1. The molecule has 21 heavy (non-hydrogen) atoms. The maximum Gasteiger partial charge on any atom is 0.263 e. The van der Waals surface area contributed by atoms with E-state index in [-0.39, 0.29) is 11.4 Å². The Morgan fingerprint density at radius 3 is 2.52 bits per heavy atom. The fourth-order valence-corrected chi connectivity index (χ4v) is 2.92. The molecule has 3 N–H and O–H groups in total. The van der Waals surface area contributed by atoms with Gasteiger partial charge in [0.15, 0.2) is 0 Å². The van der Waals surface area contributed by atoms with Gasteiger partial charge in [0, 0.05) is 0 Å². The summed E-state index contributed by atoms with van der Waals surface area (Å²) in [4.78, 5) is -0.520. The molecule has 0 aliphatic carbocycles. The first-order chi connectivity index (χ1) is 9.85. The summed E-state index contributed by atoms with van der Waals surface area (Å²) in [6.45, 7) is 0. The molecule has 5 nitrogen and oxygen atoms in total. The molecule has 0 unspecified atom stereocenters. The zero-order valence-corrected chi connectivity index (χ0v) is 11.3. The summed E-state index contributed by atoms with van der Waals surface area (Å²) in [6, 6.07) is 7.81. The first kappa shape index (κ1) is 14.7. The first-order valence-corrected chi connectivity index (χ1v) is 7.10. The molecule has 0 radical (unpaired) electrons. The largest absolute Gasteiger partial charge is 0.397 e. The lowest BCUT2D eigenvalue weighted by atomic mass is 10.2. The van der Waals surface area contributed by atoms with E-state index in [2.05, 4.69) is 4.72 Å². The lowest BCUT2D eigenvalue weighted by molar-refractivity contribution is 0.593. The lowest BCUT2D eigenvalue weighted by Crippen LogP contribution is -2.16. The van der Waals surface area contributed by atoms with Crippen LogP contribution in [0.1, 0.15) is 5.56 Å². The van der Waals surface area contributed by atoms with Gasteiger partial charge in [0.2, 0.25) is 0 Å². The van der Waals surface area contributed by atoms with E-state index in [0.717, 1.165) is 30.3 Å². The molecule has 0 aliphatic heterocycles. The van der Waals surface area contributed by atoms with Crippen LogP contribution in [0.4, 0.5) is 20.2 Å². The normalized spacial score (nSPS) is 10.9. The predicted octanol–water partition coefficient (Wildman–Crippen LogP) is 2.22. The van der Waals surface area contributed by atoms with Crippen LogP contribution in [0.3, 0.4) is 0 Å². The average Bonchev–Trinajstić information content (AvgIpc) is 2.41. The van der Waals surface area contributed by atoms with Gasteiger partial charge in [-0.3, -0.25) is 4.72 Å². The van der Waals surface area contributed by atoms with Crippen molar-refractivity contribution >= 4 is 21.4 Å². The minimum Gasteiger partial charge on any atom is -0.397 e. The summed E-state index contributed by atoms with van der Waals surface area (Å²) in [5.41, 5.74) is 4.70. The number of nitrogens with two attached hydrogens (primary N) is 1. The number of nitriles is 1. The van der Waals surface area contributed by atoms with E-state index in [1.807, 2.05) is 0 Å². The molecule has 0 fully saturated rings. The highest BCUT2D eigenvalue weighted by Crippen LogP contribution is 2.25. The molecule has 2 rings (SSSR count). The Labute approximate surface area is 119 Å². The van der Waals surface area contributed by atoms with Crippen molar-refractivity contribution in [2.75, 3.05) is 10.5 Å². The molecule has 0 aliphatic rings. The van der Waals surface area contributed by atoms with Gasteiger partial charge in [-0.1, -0.05) is 6.07 Å². The molecule has 0 spiro atoms. The summed E-state index contributed by atoms with van der Waals surface area (Å²) < 4.78 is 52.9. The molecule has 0 aromatic heterocycles. The Kier molecular flexibility index (Phi) is 3.78. The van der Waals surface area contributed by atoms with Gasteiger partial charge in [0.25, 0.3) is 10.0 Å². The molecular weight excluding hydrogens is 300 g/mol. The molecule has 2 aromatic rings. The molecule has 0 saturated heterocycles. The number of halogens is 2. The van der Waals surface area contributed by atoms with E-state index in [1.165, 1.54) is 12.1 Å². The van der Waals surface area contributed by atoms with Crippen LogP contribution in [-0.2, 0) is 10.0 Å². The fourth-order valence-electron chi connectivity index (χ4n) is 1.66. The fraction of sp³-hybridized carbons (Fsp3) is 0. The third kappa shape index (κ3) is 2.93. The molecule has 0 bridgehead atoms. The number of anilines is 2. The third-order valence-electron chi connectivity index (χ3n) is 2.63. The van der Waals surface area contributed by atoms with Crippen molar-refractivity contribution in [2.24, 2.45) is 0 Å². The molecule has 0 atom stereocenters. The van der Waals surface area contributed by atoms with E-state index < -0.39 is 32.1 Å². The number of sulfonamides is 1. The van der Waals surface area contributed by atoms with E-state index in [0.29, 0.717) is 0 Å². The average molecular weight is 309 g/mol. The van der Waals surface area contributed by atoms with Gasteiger partial charge >= 0.3 is 0 Å². The van der Waals surface area contributed by atoms with E-state index in [4.69, 9.17) is 11.0 Å². The highest BCUT2D eigenvalue weighted by atomic mass is 32.2. The number of nitrogens with one attached hydrogen (secondary N) is 1. The molecule has 0 amide bonds. The number of rotatable bonds is 3. The van der Waals surface area contributed by atoms with E-state index in [1.54, 1.807) is 0 Å². The highest BCUT2D eigenvalue weighted by molar-refractivity contribution is 7.92. The quantitative estimate of drug-likeness (QED) is 0.850. The summed E-state index contributed by atoms with van der Waals surface area (Å²) in [5, 5.41) is 8.86. The molecule has 108 valence electrons. The minimum atomic E-state index is -4.23. The molecule has 0 heterocycles. The van der Waals surface area contributed by atoms with Gasteiger partial charge in [-0.25, -0.2) is 17.2 Å². The summed E-state index contributed by atoms with van der Waals surface area (Å²) in [6.07, 6.45) is 0. The highest BCUT2D eigenvalue weighted by Gasteiger charge is 2.22. The van der Waals surface area contributed by atoms with Crippen LogP contribution in [0.25, 0.3) is 0 Å². The zero-order chi connectivity index (χ0) is 15.6. The predicted molar refractivity (Wildman–Crippen MR) is 72.7 cm³/mol. The zero-order valence-electron chi connectivity index (χ0n) is 10.5. The smallest absolute Gasteiger partial charge is 0.263 e. The van der Waals surface area contributed by atoms with Crippen molar-refractivity contribution < 1.29 is 17.2 Å². The second kappa shape index (κ2) is 5.38. The van der Waals surface area contributed by atoms with Crippen LogP contribution in [0, 0.1) is 23.0 Å². The first-order valence-electron chi connectivity index (χ1n) is 5.61. The van der Waals surface area contributed by atoms with Crippen LogP contribution in [-0.4, -0.2) is 8.42 Å². The maximum absolute atomic E-state index is 13.5. The second-order valence-corrected chi connectivity index (χ2v) is 5.71. The SMILES string of the molecule is N#Cc1c(F)cccc1S(=O)(=O)Nc1ccc(F)cc1N. The number of hydrogen-bond acceptors (Lipinski definition) is 4. The minimum absolute atomic E-state index is 0.0652.